The zero-order valence-corrected chi connectivity index (χ0v) is 11.4. The molecule has 0 aromatic carbocycles. The van der Waals surface area contributed by atoms with Gasteiger partial charge in [-0.3, -0.25) is 4.79 Å². The lowest BCUT2D eigenvalue weighted by Gasteiger charge is -2.21. The number of nitrogens with one attached hydrogen (secondary N) is 1. The SMILES string of the molecule is Cc1cc(NC(=O)C2(C)CCCC2)sc1C(=O)O. The van der Waals surface area contributed by atoms with E-state index in [0.717, 1.165) is 37.0 Å². The molecule has 0 saturated heterocycles. The molecule has 1 aliphatic rings. The highest BCUT2D eigenvalue weighted by Gasteiger charge is 2.36. The van der Waals surface area contributed by atoms with Crippen LogP contribution in [-0.2, 0) is 4.79 Å². The van der Waals surface area contributed by atoms with Crippen LogP contribution in [0.3, 0.4) is 0 Å². The van der Waals surface area contributed by atoms with Crippen LogP contribution < -0.4 is 5.32 Å². The zero-order valence-electron chi connectivity index (χ0n) is 10.6. The average molecular weight is 267 g/mol. The van der Waals surface area contributed by atoms with Crippen molar-refractivity contribution in [3.63, 3.8) is 0 Å². The van der Waals surface area contributed by atoms with Crippen molar-refractivity contribution in [3.8, 4) is 0 Å². The number of aryl methyl sites for hydroxylation is 1. The second-order valence-electron chi connectivity index (χ2n) is 5.15. The number of anilines is 1. The summed E-state index contributed by atoms with van der Waals surface area (Å²) in [7, 11) is 0. The summed E-state index contributed by atoms with van der Waals surface area (Å²) in [5.74, 6) is -0.928. The summed E-state index contributed by atoms with van der Waals surface area (Å²) in [6.07, 6.45) is 4.01. The third-order valence-electron chi connectivity index (χ3n) is 3.60. The molecule has 0 aliphatic heterocycles. The van der Waals surface area contributed by atoms with Crippen LogP contribution in [0.25, 0.3) is 0 Å². The Kier molecular flexibility index (Phi) is 3.43. The van der Waals surface area contributed by atoms with Gasteiger partial charge in [0.05, 0.1) is 5.00 Å². The Labute approximate surface area is 110 Å². The minimum atomic E-state index is -0.940. The Bertz CT molecular complexity index is 486. The fourth-order valence-corrected chi connectivity index (χ4v) is 3.31. The van der Waals surface area contributed by atoms with E-state index in [1.54, 1.807) is 13.0 Å². The first kappa shape index (κ1) is 13.1. The van der Waals surface area contributed by atoms with Gasteiger partial charge in [-0.2, -0.15) is 0 Å². The van der Waals surface area contributed by atoms with Gasteiger partial charge in [-0.25, -0.2) is 4.79 Å². The molecule has 4 nitrogen and oxygen atoms in total. The summed E-state index contributed by atoms with van der Waals surface area (Å²) in [5.41, 5.74) is 0.403. The molecule has 0 atom stereocenters. The van der Waals surface area contributed by atoms with Crippen molar-refractivity contribution >= 4 is 28.2 Å². The Balaban J connectivity index is 2.12. The summed E-state index contributed by atoms with van der Waals surface area (Å²) in [6, 6.07) is 1.73. The number of aromatic carboxylic acids is 1. The molecule has 2 rings (SSSR count). The molecule has 1 amide bonds. The van der Waals surface area contributed by atoms with E-state index in [1.165, 1.54) is 0 Å². The molecule has 1 aliphatic carbocycles. The molecule has 1 saturated carbocycles. The molecule has 0 radical (unpaired) electrons. The second kappa shape index (κ2) is 4.72. The van der Waals surface area contributed by atoms with Crippen molar-refractivity contribution in [2.75, 3.05) is 5.32 Å². The van der Waals surface area contributed by atoms with Crippen LogP contribution in [0, 0.1) is 12.3 Å². The lowest BCUT2D eigenvalue weighted by atomic mass is 9.88. The van der Waals surface area contributed by atoms with Gasteiger partial charge in [0.15, 0.2) is 0 Å². The lowest BCUT2D eigenvalue weighted by Crippen LogP contribution is -2.30. The minimum absolute atomic E-state index is 0.0122. The summed E-state index contributed by atoms with van der Waals surface area (Å²) < 4.78 is 0. The molecular weight excluding hydrogens is 250 g/mol. The number of hydrogen-bond donors (Lipinski definition) is 2. The molecule has 0 bridgehead atoms. The number of rotatable bonds is 3. The van der Waals surface area contributed by atoms with Crippen LogP contribution in [-0.4, -0.2) is 17.0 Å². The van der Waals surface area contributed by atoms with Gasteiger partial charge < -0.3 is 10.4 Å². The van der Waals surface area contributed by atoms with Crippen LogP contribution in [0.2, 0.25) is 0 Å². The summed E-state index contributed by atoms with van der Waals surface area (Å²) in [6.45, 7) is 3.72. The monoisotopic (exact) mass is 267 g/mol. The first-order valence-electron chi connectivity index (χ1n) is 6.07. The Morgan fingerprint density at radius 3 is 2.50 bits per heavy atom. The van der Waals surface area contributed by atoms with Crippen molar-refractivity contribution in [1.29, 1.82) is 0 Å². The normalized spacial score (nSPS) is 17.7. The van der Waals surface area contributed by atoms with Crippen molar-refractivity contribution in [2.24, 2.45) is 5.41 Å². The van der Waals surface area contributed by atoms with Gasteiger partial charge in [0.1, 0.15) is 4.88 Å². The number of carboxylic acids is 1. The van der Waals surface area contributed by atoms with Gasteiger partial charge in [-0.15, -0.1) is 11.3 Å². The standard InChI is InChI=1S/C13H17NO3S/c1-8-7-9(18-10(8)11(15)16)14-12(17)13(2)5-3-4-6-13/h7H,3-6H2,1-2H3,(H,14,17)(H,15,16). The first-order chi connectivity index (χ1) is 8.42. The number of carbonyl (C=O) groups is 2. The molecule has 2 N–H and O–H groups in total. The topological polar surface area (TPSA) is 66.4 Å². The van der Waals surface area contributed by atoms with Gasteiger partial charge >= 0.3 is 5.97 Å². The van der Waals surface area contributed by atoms with Crippen molar-refractivity contribution in [2.45, 2.75) is 39.5 Å². The average Bonchev–Trinajstić information content (AvgIpc) is 2.86. The summed E-state index contributed by atoms with van der Waals surface area (Å²) in [5, 5.41) is 12.5. The molecule has 1 fully saturated rings. The number of thiophene rings is 1. The maximum atomic E-state index is 12.2. The molecule has 1 aromatic heterocycles. The summed E-state index contributed by atoms with van der Waals surface area (Å²) in [4.78, 5) is 23.4. The minimum Gasteiger partial charge on any atom is -0.477 e. The maximum absolute atomic E-state index is 12.2. The van der Waals surface area contributed by atoms with Crippen LogP contribution in [0.5, 0.6) is 0 Å². The molecular formula is C13H17NO3S. The van der Waals surface area contributed by atoms with Crippen LogP contribution in [0.1, 0.15) is 47.8 Å². The van der Waals surface area contributed by atoms with Crippen molar-refractivity contribution in [3.05, 3.63) is 16.5 Å². The zero-order chi connectivity index (χ0) is 13.3. The van der Waals surface area contributed by atoms with Crippen molar-refractivity contribution in [1.82, 2.24) is 0 Å². The number of amides is 1. The van der Waals surface area contributed by atoms with Gasteiger partial charge in [0, 0.05) is 5.41 Å². The lowest BCUT2D eigenvalue weighted by molar-refractivity contribution is -0.124. The van der Waals surface area contributed by atoms with Gasteiger partial charge in [-0.05, 0) is 31.4 Å². The van der Waals surface area contributed by atoms with E-state index < -0.39 is 5.97 Å². The largest absolute Gasteiger partial charge is 0.477 e. The first-order valence-corrected chi connectivity index (χ1v) is 6.89. The quantitative estimate of drug-likeness (QED) is 0.883. The van der Waals surface area contributed by atoms with Crippen LogP contribution in [0.4, 0.5) is 5.00 Å². The molecule has 0 unspecified atom stereocenters. The molecule has 5 heteroatoms. The van der Waals surface area contributed by atoms with Gasteiger partial charge in [0.2, 0.25) is 5.91 Å². The van der Waals surface area contributed by atoms with Gasteiger partial charge in [-0.1, -0.05) is 19.8 Å². The van der Waals surface area contributed by atoms with E-state index in [9.17, 15) is 9.59 Å². The maximum Gasteiger partial charge on any atom is 0.346 e. The number of carbonyl (C=O) groups excluding carboxylic acids is 1. The predicted molar refractivity (Wildman–Crippen MR) is 71.2 cm³/mol. The van der Waals surface area contributed by atoms with Crippen molar-refractivity contribution < 1.29 is 14.7 Å². The Morgan fingerprint density at radius 1 is 1.39 bits per heavy atom. The predicted octanol–water partition coefficient (Wildman–Crippen LogP) is 3.27. The van der Waals surface area contributed by atoms with E-state index in [0.29, 0.717) is 15.4 Å². The van der Waals surface area contributed by atoms with Crippen LogP contribution >= 0.6 is 11.3 Å². The van der Waals surface area contributed by atoms with Crippen LogP contribution in [0.15, 0.2) is 6.07 Å². The highest BCUT2D eigenvalue weighted by atomic mass is 32.1. The molecule has 98 valence electrons. The fourth-order valence-electron chi connectivity index (χ4n) is 2.40. The molecule has 18 heavy (non-hydrogen) atoms. The molecule has 1 aromatic rings. The smallest absolute Gasteiger partial charge is 0.346 e. The second-order valence-corrected chi connectivity index (χ2v) is 6.20. The van der Waals surface area contributed by atoms with E-state index in [4.69, 9.17) is 5.11 Å². The Morgan fingerprint density at radius 2 is 2.00 bits per heavy atom. The van der Waals surface area contributed by atoms with Gasteiger partial charge in [0.25, 0.3) is 0 Å². The third kappa shape index (κ3) is 2.41. The highest BCUT2D eigenvalue weighted by molar-refractivity contribution is 7.18. The fraction of sp³-hybridized carbons (Fsp3) is 0.538. The van der Waals surface area contributed by atoms with E-state index in [1.807, 2.05) is 6.92 Å². The molecule has 1 heterocycles. The van der Waals surface area contributed by atoms with E-state index >= 15 is 0 Å². The Hall–Kier alpha value is -1.36. The van der Waals surface area contributed by atoms with E-state index in [-0.39, 0.29) is 11.3 Å². The highest BCUT2D eigenvalue weighted by Crippen LogP contribution is 2.39. The summed E-state index contributed by atoms with van der Waals surface area (Å²) >= 11 is 1.12. The number of hydrogen-bond acceptors (Lipinski definition) is 3. The number of carboxylic acid groups (broad SMARTS) is 1. The molecule has 0 spiro atoms. The third-order valence-corrected chi connectivity index (χ3v) is 4.74. The van der Waals surface area contributed by atoms with E-state index in [2.05, 4.69) is 5.32 Å².